The first kappa shape index (κ1) is 10.7. The number of piperidine rings is 1. The van der Waals surface area contributed by atoms with Gasteiger partial charge in [-0.25, -0.2) is 0 Å². The first-order valence-electron chi connectivity index (χ1n) is 5.67. The highest BCUT2D eigenvalue weighted by molar-refractivity contribution is 6.21. The van der Waals surface area contributed by atoms with Gasteiger partial charge in [-0.3, -0.25) is 4.98 Å². The van der Waals surface area contributed by atoms with Gasteiger partial charge in [-0.05, 0) is 22.8 Å². The van der Waals surface area contributed by atoms with Crippen molar-refractivity contribution in [2.75, 3.05) is 18.0 Å². The third-order valence-electron chi connectivity index (χ3n) is 3.28. The van der Waals surface area contributed by atoms with Crippen LogP contribution >= 0.6 is 11.6 Å². The van der Waals surface area contributed by atoms with Gasteiger partial charge in [0.1, 0.15) is 0 Å². The van der Waals surface area contributed by atoms with Gasteiger partial charge in [-0.1, -0.05) is 6.92 Å². The van der Waals surface area contributed by atoms with Crippen LogP contribution in [-0.2, 0) is 0 Å². The average Bonchev–Trinajstić information content (AvgIpc) is 2.80. The molecule has 2 atom stereocenters. The number of aromatic nitrogens is 5. The number of halogens is 1. The molecule has 0 amide bonds. The maximum atomic E-state index is 6.31. The van der Waals surface area contributed by atoms with Crippen LogP contribution in [0.3, 0.4) is 0 Å². The third kappa shape index (κ3) is 1.82. The van der Waals surface area contributed by atoms with Crippen LogP contribution in [0.5, 0.6) is 0 Å². The summed E-state index contributed by atoms with van der Waals surface area (Å²) in [7, 11) is 0. The van der Waals surface area contributed by atoms with Gasteiger partial charge in [0.25, 0.3) is 0 Å². The highest BCUT2D eigenvalue weighted by Gasteiger charge is 2.26. The molecule has 2 aromatic rings. The molecular formula is C10H13ClN6. The van der Waals surface area contributed by atoms with Crippen molar-refractivity contribution < 1.29 is 0 Å². The number of anilines is 1. The number of hydrogen-bond donors (Lipinski definition) is 0. The van der Waals surface area contributed by atoms with E-state index < -0.39 is 0 Å². The zero-order valence-electron chi connectivity index (χ0n) is 9.49. The number of tetrazole rings is 1. The standard InChI is InChI=1S/C10H13ClN6/c1-7-2-3-16(6-8(7)11)10-5-12-4-9-13-14-15-17(9)10/h4-5,7-8H,2-3,6H2,1H3. The molecule has 7 heteroatoms. The van der Waals surface area contributed by atoms with Crippen molar-refractivity contribution in [2.24, 2.45) is 5.92 Å². The molecule has 90 valence electrons. The number of hydrogen-bond acceptors (Lipinski definition) is 5. The number of nitrogens with zero attached hydrogens (tertiary/aromatic N) is 6. The van der Waals surface area contributed by atoms with Crippen LogP contribution in [0.1, 0.15) is 13.3 Å². The summed E-state index contributed by atoms with van der Waals surface area (Å²) in [6.45, 7) is 3.96. The van der Waals surface area contributed by atoms with Gasteiger partial charge in [-0.15, -0.1) is 16.7 Å². The van der Waals surface area contributed by atoms with Gasteiger partial charge < -0.3 is 4.90 Å². The molecule has 0 aliphatic carbocycles. The van der Waals surface area contributed by atoms with Crippen molar-refractivity contribution in [3.63, 3.8) is 0 Å². The molecule has 0 spiro atoms. The van der Waals surface area contributed by atoms with Crippen molar-refractivity contribution in [1.29, 1.82) is 0 Å². The molecular weight excluding hydrogens is 240 g/mol. The van der Waals surface area contributed by atoms with Gasteiger partial charge >= 0.3 is 0 Å². The van der Waals surface area contributed by atoms with E-state index in [9.17, 15) is 0 Å². The third-order valence-corrected chi connectivity index (χ3v) is 3.85. The molecule has 3 heterocycles. The lowest BCUT2D eigenvalue weighted by molar-refractivity contribution is 0.441. The molecule has 3 rings (SSSR count). The fraction of sp³-hybridized carbons (Fsp3) is 0.600. The minimum Gasteiger partial charge on any atom is -0.354 e. The summed E-state index contributed by atoms with van der Waals surface area (Å²) in [6, 6.07) is 0. The molecule has 0 aromatic carbocycles. The zero-order valence-corrected chi connectivity index (χ0v) is 10.2. The van der Waals surface area contributed by atoms with Crippen LogP contribution in [0.15, 0.2) is 12.4 Å². The Kier molecular flexibility index (Phi) is 2.58. The molecule has 6 nitrogen and oxygen atoms in total. The molecule has 2 unspecified atom stereocenters. The molecule has 1 fully saturated rings. The van der Waals surface area contributed by atoms with Crippen molar-refractivity contribution in [1.82, 2.24) is 25.0 Å². The first-order valence-corrected chi connectivity index (χ1v) is 6.10. The van der Waals surface area contributed by atoms with E-state index in [0.717, 1.165) is 25.3 Å². The van der Waals surface area contributed by atoms with Crippen LogP contribution in [0.2, 0.25) is 0 Å². The maximum Gasteiger partial charge on any atom is 0.199 e. The van der Waals surface area contributed by atoms with Crippen molar-refractivity contribution >= 4 is 23.1 Å². The Morgan fingerprint density at radius 1 is 1.41 bits per heavy atom. The summed E-state index contributed by atoms with van der Waals surface area (Å²) in [4.78, 5) is 6.34. The number of fused-ring (bicyclic) bond motifs is 1. The van der Waals surface area contributed by atoms with Crippen molar-refractivity contribution in [3.05, 3.63) is 12.4 Å². The fourth-order valence-corrected chi connectivity index (χ4v) is 2.40. The predicted octanol–water partition coefficient (Wildman–Crippen LogP) is 0.973. The smallest absolute Gasteiger partial charge is 0.199 e. The van der Waals surface area contributed by atoms with E-state index in [0.29, 0.717) is 11.6 Å². The lowest BCUT2D eigenvalue weighted by Crippen LogP contribution is -2.41. The van der Waals surface area contributed by atoms with E-state index >= 15 is 0 Å². The van der Waals surface area contributed by atoms with E-state index in [1.165, 1.54) is 0 Å². The molecule has 0 N–H and O–H groups in total. The van der Waals surface area contributed by atoms with Crippen LogP contribution in [-0.4, -0.2) is 43.5 Å². The summed E-state index contributed by atoms with van der Waals surface area (Å²) < 4.78 is 1.70. The topological polar surface area (TPSA) is 59.2 Å². The van der Waals surface area contributed by atoms with E-state index in [-0.39, 0.29) is 5.38 Å². The van der Waals surface area contributed by atoms with Crippen LogP contribution < -0.4 is 4.90 Å². The molecule has 0 bridgehead atoms. The van der Waals surface area contributed by atoms with Crippen LogP contribution in [0.4, 0.5) is 5.82 Å². The summed E-state index contributed by atoms with van der Waals surface area (Å²) in [5.74, 6) is 1.46. The second-order valence-corrected chi connectivity index (χ2v) is 5.00. The van der Waals surface area contributed by atoms with Gasteiger partial charge in [0.15, 0.2) is 11.5 Å². The van der Waals surface area contributed by atoms with Crippen LogP contribution in [0.25, 0.3) is 5.65 Å². The zero-order chi connectivity index (χ0) is 11.8. The molecule has 1 aliphatic heterocycles. The van der Waals surface area contributed by atoms with Gasteiger partial charge in [0.05, 0.1) is 17.8 Å². The Bertz CT molecular complexity index is 526. The number of rotatable bonds is 1. The van der Waals surface area contributed by atoms with E-state index in [1.807, 2.05) is 0 Å². The lowest BCUT2D eigenvalue weighted by atomic mass is 9.99. The average molecular weight is 253 g/mol. The van der Waals surface area contributed by atoms with Crippen molar-refractivity contribution in [2.45, 2.75) is 18.7 Å². The minimum absolute atomic E-state index is 0.162. The normalized spacial score (nSPS) is 25.4. The Hall–Kier alpha value is -1.43. The van der Waals surface area contributed by atoms with Gasteiger partial charge in [-0.2, -0.15) is 4.52 Å². The van der Waals surface area contributed by atoms with E-state index in [1.54, 1.807) is 16.9 Å². The highest BCUT2D eigenvalue weighted by atomic mass is 35.5. The second kappa shape index (κ2) is 4.10. The molecule has 1 aliphatic rings. The first-order chi connectivity index (χ1) is 8.25. The largest absolute Gasteiger partial charge is 0.354 e. The minimum atomic E-state index is 0.162. The SMILES string of the molecule is CC1CCN(c2cncc3nnnn23)CC1Cl. The summed E-state index contributed by atoms with van der Waals surface area (Å²) in [6.07, 6.45) is 4.50. The van der Waals surface area contributed by atoms with Crippen LogP contribution in [0, 0.1) is 5.92 Å². The maximum absolute atomic E-state index is 6.31. The van der Waals surface area contributed by atoms with E-state index in [4.69, 9.17) is 11.6 Å². The summed E-state index contributed by atoms with van der Waals surface area (Å²) >= 11 is 6.31. The van der Waals surface area contributed by atoms with Crippen molar-refractivity contribution in [3.8, 4) is 0 Å². The fourth-order valence-electron chi connectivity index (χ4n) is 2.11. The van der Waals surface area contributed by atoms with E-state index in [2.05, 4.69) is 32.3 Å². The van der Waals surface area contributed by atoms with Gasteiger partial charge in [0, 0.05) is 13.1 Å². The number of alkyl halides is 1. The Labute approximate surface area is 104 Å². The predicted molar refractivity (Wildman–Crippen MR) is 64.2 cm³/mol. The highest BCUT2D eigenvalue weighted by Crippen LogP contribution is 2.25. The second-order valence-electron chi connectivity index (χ2n) is 4.44. The molecule has 17 heavy (non-hydrogen) atoms. The summed E-state index contributed by atoms with van der Waals surface area (Å²) in [5, 5.41) is 11.7. The summed E-state index contributed by atoms with van der Waals surface area (Å²) in [5.41, 5.74) is 0.659. The Morgan fingerprint density at radius 2 is 2.29 bits per heavy atom. The molecule has 2 aromatic heterocycles. The molecule has 1 saturated heterocycles. The molecule has 0 radical (unpaired) electrons. The molecule has 0 saturated carbocycles. The Balaban J connectivity index is 1.96. The lowest BCUT2D eigenvalue weighted by Gasteiger charge is -2.34. The Morgan fingerprint density at radius 3 is 3.12 bits per heavy atom. The monoisotopic (exact) mass is 252 g/mol. The van der Waals surface area contributed by atoms with Gasteiger partial charge in [0.2, 0.25) is 0 Å². The quantitative estimate of drug-likeness (QED) is 0.708.